The number of carbonyl (C=O) groups is 1. The second kappa shape index (κ2) is 5.95. The molecule has 0 heterocycles. The van der Waals surface area contributed by atoms with Crippen molar-refractivity contribution >= 4 is 11.7 Å². The first-order valence-electron chi connectivity index (χ1n) is 7.09. The number of nitrogens with zero attached hydrogens (tertiary/aromatic N) is 1. The minimum Gasteiger partial charge on any atom is -0.317 e. The van der Waals surface area contributed by atoms with E-state index in [9.17, 15) is 9.18 Å². The van der Waals surface area contributed by atoms with Crippen LogP contribution in [-0.2, 0) is 6.54 Å². The summed E-state index contributed by atoms with van der Waals surface area (Å²) in [7, 11) is 0. The van der Waals surface area contributed by atoms with E-state index in [0.717, 1.165) is 24.1 Å². The largest absolute Gasteiger partial charge is 0.322 e. The van der Waals surface area contributed by atoms with Gasteiger partial charge < -0.3 is 10.2 Å². The molecular weight excluding hydrogens is 267 g/mol. The summed E-state index contributed by atoms with van der Waals surface area (Å²) in [5, 5.41) is 2.91. The number of urea groups is 1. The third kappa shape index (κ3) is 3.60. The number of halogens is 1. The fraction of sp³-hybridized carbons (Fsp3) is 0.235. The van der Waals surface area contributed by atoms with Gasteiger partial charge in [0.05, 0.1) is 0 Å². The average molecular weight is 284 g/mol. The first-order chi connectivity index (χ1) is 10.2. The quantitative estimate of drug-likeness (QED) is 0.903. The van der Waals surface area contributed by atoms with Crippen LogP contribution in [0.15, 0.2) is 54.6 Å². The molecule has 0 unspecified atom stereocenters. The fourth-order valence-corrected chi connectivity index (χ4v) is 2.26. The van der Waals surface area contributed by atoms with Crippen LogP contribution in [0, 0.1) is 5.82 Å². The Bertz CT molecular complexity index is 608. The Morgan fingerprint density at radius 1 is 1.10 bits per heavy atom. The molecule has 0 atom stereocenters. The molecule has 4 heteroatoms. The lowest BCUT2D eigenvalue weighted by atomic mass is 10.2. The van der Waals surface area contributed by atoms with Crippen LogP contribution in [0.4, 0.5) is 14.9 Å². The molecule has 2 aromatic rings. The molecule has 1 aliphatic carbocycles. The summed E-state index contributed by atoms with van der Waals surface area (Å²) in [5.41, 5.74) is 1.72. The lowest BCUT2D eigenvalue weighted by Crippen LogP contribution is -2.36. The summed E-state index contributed by atoms with van der Waals surface area (Å²) in [6.45, 7) is 0.504. The first-order valence-corrected chi connectivity index (χ1v) is 7.09. The van der Waals surface area contributed by atoms with Crippen LogP contribution in [0.5, 0.6) is 0 Å². The van der Waals surface area contributed by atoms with Crippen molar-refractivity contribution in [3.8, 4) is 0 Å². The smallest absolute Gasteiger partial charge is 0.317 e. The van der Waals surface area contributed by atoms with Crippen LogP contribution in [0.25, 0.3) is 0 Å². The van der Waals surface area contributed by atoms with Crippen molar-refractivity contribution in [2.45, 2.75) is 25.4 Å². The minimum atomic E-state index is -0.259. The molecule has 1 N–H and O–H groups in total. The Hall–Kier alpha value is -2.36. The van der Waals surface area contributed by atoms with E-state index >= 15 is 0 Å². The molecule has 0 aliphatic heterocycles. The fourth-order valence-electron chi connectivity index (χ4n) is 2.26. The lowest BCUT2D eigenvalue weighted by Gasteiger charge is -2.23. The number of carbonyl (C=O) groups excluding carboxylic acids is 1. The number of nitrogens with one attached hydrogen (secondary N) is 1. The summed E-state index contributed by atoms with van der Waals surface area (Å²) in [4.78, 5) is 14.2. The van der Waals surface area contributed by atoms with Gasteiger partial charge in [0, 0.05) is 18.3 Å². The third-order valence-corrected chi connectivity index (χ3v) is 3.54. The maximum atomic E-state index is 12.9. The first kappa shape index (κ1) is 13.6. The van der Waals surface area contributed by atoms with Gasteiger partial charge in [-0.15, -0.1) is 0 Å². The molecule has 0 saturated heterocycles. The van der Waals surface area contributed by atoms with E-state index in [-0.39, 0.29) is 11.8 Å². The number of anilines is 1. The number of hydrogen-bond acceptors (Lipinski definition) is 1. The number of amides is 2. The third-order valence-electron chi connectivity index (χ3n) is 3.54. The van der Waals surface area contributed by atoms with E-state index in [4.69, 9.17) is 0 Å². The number of para-hydroxylation sites is 1. The topological polar surface area (TPSA) is 32.3 Å². The molecule has 108 valence electrons. The maximum Gasteiger partial charge on any atom is 0.322 e. The standard InChI is InChI=1S/C17H17FN2O/c18-14-8-6-13(7-9-14)12-20(16-10-11-16)17(21)19-15-4-2-1-3-5-15/h1-9,16H,10-12H2,(H,19,21). The van der Waals surface area contributed by atoms with Crippen molar-refractivity contribution in [3.63, 3.8) is 0 Å². The van der Waals surface area contributed by atoms with Crippen LogP contribution in [0.2, 0.25) is 0 Å². The highest BCUT2D eigenvalue weighted by atomic mass is 19.1. The van der Waals surface area contributed by atoms with Crippen molar-refractivity contribution in [1.29, 1.82) is 0 Å². The van der Waals surface area contributed by atoms with Crippen LogP contribution < -0.4 is 5.32 Å². The van der Waals surface area contributed by atoms with Crippen molar-refractivity contribution in [2.75, 3.05) is 5.32 Å². The van der Waals surface area contributed by atoms with E-state index < -0.39 is 0 Å². The van der Waals surface area contributed by atoms with Gasteiger partial charge in [-0.1, -0.05) is 30.3 Å². The predicted molar refractivity (Wildman–Crippen MR) is 80.4 cm³/mol. The summed E-state index contributed by atoms with van der Waals surface area (Å²) in [5.74, 6) is -0.259. The van der Waals surface area contributed by atoms with Gasteiger partial charge in [-0.3, -0.25) is 0 Å². The number of rotatable bonds is 4. The van der Waals surface area contributed by atoms with Crippen LogP contribution >= 0.6 is 0 Å². The normalized spacial score (nSPS) is 13.8. The average Bonchev–Trinajstić information content (AvgIpc) is 3.32. The summed E-state index contributed by atoms with van der Waals surface area (Å²) in [6.07, 6.45) is 2.06. The van der Waals surface area contributed by atoms with E-state index in [2.05, 4.69) is 5.32 Å². The zero-order chi connectivity index (χ0) is 14.7. The minimum absolute atomic E-state index is 0.104. The van der Waals surface area contributed by atoms with Crippen molar-refractivity contribution in [1.82, 2.24) is 4.90 Å². The maximum absolute atomic E-state index is 12.9. The second-order valence-corrected chi connectivity index (χ2v) is 5.28. The Kier molecular flexibility index (Phi) is 3.86. The molecule has 1 aliphatic rings. The molecule has 1 fully saturated rings. The molecule has 21 heavy (non-hydrogen) atoms. The zero-order valence-electron chi connectivity index (χ0n) is 11.6. The highest BCUT2D eigenvalue weighted by Gasteiger charge is 2.32. The van der Waals surface area contributed by atoms with Gasteiger partial charge in [0.2, 0.25) is 0 Å². The second-order valence-electron chi connectivity index (χ2n) is 5.28. The van der Waals surface area contributed by atoms with Gasteiger partial charge in [-0.2, -0.15) is 0 Å². The van der Waals surface area contributed by atoms with E-state index in [1.165, 1.54) is 12.1 Å². The van der Waals surface area contributed by atoms with Crippen LogP contribution in [0.1, 0.15) is 18.4 Å². The molecule has 0 spiro atoms. The highest BCUT2D eigenvalue weighted by molar-refractivity contribution is 5.89. The Morgan fingerprint density at radius 2 is 1.76 bits per heavy atom. The van der Waals surface area contributed by atoms with Gasteiger partial charge in [-0.05, 0) is 42.7 Å². The molecule has 2 aromatic carbocycles. The molecule has 0 radical (unpaired) electrons. The van der Waals surface area contributed by atoms with Gasteiger partial charge in [0.1, 0.15) is 5.82 Å². The summed E-state index contributed by atoms with van der Waals surface area (Å²) in [6, 6.07) is 15.9. The van der Waals surface area contributed by atoms with Gasteiger partial charge in [0.25, 0.3) is 0 Å². The molecule has 3 rings (SSSR count). The van der Waals surface area contributed by atoms with Crippen molar-refractivity contribution in [3.05, 3.63) is 66.0 Å². The summed E-state index contributed by atoms with van der Waals surface area (Å²) < 4.78 is 12.9. The predicted octanol–water partition coefficient (Wildman–Crippen LogP) is 4.02. The van der Waals surface area contributed by atoms with Crippen molar-refractivity contribution < 1.29 is 9.18 Å². The molecular formula is C17H17FN2O. The van der Waals surface area contributed by atoms with Crippen LogP contribution in [-0.4, -0.2) is 17.0 Å². The molecule has 0 aromatic heterocycles. The molecule has 0 bridgehead atoms. The lowest BCUT2D eigenvalue weighted by molar-refractivity contribution is 0.206. The molecule has 3 nitrogen and oxygen atoms in total. The van der Waals surface area contributed by atoms with E-state index in [0.29, 0.717) is 12.6 Å². The monoisotopic (exact) mass is 284 g/mol. The number of hydrogen-bond donors (Lipinski definition) is 1. The van der Waals surface area contributed by atoms with E-state index in [1.54, 1.807) is 12.1 Å². The summed E-state index contributed by atoms with van der Waals surface area (Å²) >= 11 is 0. The molecule has 2 amide bonds. The zero-order valence-corrected chi connectivity index (χ0v) is 11.6. The van der Waals surface area contributed by atoms with Gasteiger partial charge >= 0.3 is 6.03 Å². The van der Waals surface area contributed by atoms with Crippen molar-refractivity contribution in [2.24, 2.45) is 0 Å². The highest BCUT2D eigenvalue weighted by Crippen LogP contribution is 2.29. The van der Waals surface area contributed by atoms with Crippen LogP contribution in [0.3, 0.4) is 0 Å². The Balaban J connectivity index is 1.69. The SMILES string of the molecule is O=C(Nc1ccccc1)N(Cc1ccc(F)cc1)C1CC1. The number of benzene rings is 2. The van der Waals surface area contributed by atoms with E-state index in [1.807, 2.05) is 35.2 Å². The van der Waals surface area contributed by atoms with Gasteiger partial charge in [0.15, 0.2) is 0 Å². The Labute approximate surface area is 123 Å². The molecule has 1 saturated carbocycles. The van der Waals surface area contributed by atoms with Gasteiger partial charge in [-0.25, -0.2) is 9.18 Å². The Morgan fingerprint density at radius 3 is 2.38 bits per heavy atom.